The smallest absolute Gasteiger partial charge is 0.296 e. The third-order valence-corrected chi connectivity index (χ3v) is 14.6. The first-order valence-corrected chi connectivity index (χ1v) is 19.8. The van der Waals surface area contributed by atoms with Crippen LogP contribution in [0.25, 0.3) is 0 Å². The van der Waals surface area contributed by atoms with Crippen LogP contribution in [0.3, 0.4) is 0 Å². The first-order valence-electron chi connectivity index (χ1n) is 18.4. The maximum Gasteiger partial charge on any atom is 0.296 e. The molecule has 258 valence electrons. The summed E-state index contributed by atoms with van der Waals surface area (Å²) in [6.45, 7) is 12.3. The van der Waals surface area contributed by atoms with Gasteiger partial charge in [0.2, 0.25) is 0 Å². The van der Waals surface area contributed by atoms with E-state index in [9.17, 15) is 13.5 Å². The molecular formula is C41H58O5S. The Bertz CT molecular complexity index is 1490. The fraction of sp³-hybridized carbons (Fsp3) is 0.659. The standard InChI is InChI=1S/C41H58O5S/c1-28-14-17-34(18-15-28)47(43,44)46-26-29(2)10-9-11-30(3)39-38(42)25-37-35-19-16-32-24-33(45-27-31-12-7-6-8-13-31)20-22-40(32,4)36(35)21-23-41(37,39)5/h6-8,12-18,29-30,33,35-39,42H,9-11,19-27H2,1-5H3/t29-,30-,33+,35-,36+,37+,38+,39+,40+,41+/m1/s1. The molecular weight excluding hydrogens is 605 g/mol. The van der Waals surface area contributed by atoms with Crippen molar-refractivity contribution < 1.29 is 22.4 Å². The summed E-state index contributed by atoms with van der Waals surface area (Å²) in [7, 11) is -3.74. The number of aryl methyl sites for hydroxylation is 1. The molecule has 4 aliphatic carbocycles. The molecule has 2 aromatic carbocycles. The van der Waals surface area contributed by atoms with E-state index in [-0.39, 0.29) is 34.4 Å². The molecule has 1 N–H and O–H groups in total. The molecule has 6 rings (SSSR count). The summed E-state index contributed by atoms with van der Waals surface area (Å²) in [6, 6.07) is 17.4. The second kappa shape index (κ2) is 14.1. The second-order valence-corrected chi connectivity index (χ2v) is 18.0. The van der Waals surface area contributed by atoms with Crippen molar-refractivity contribution in [2.75, 3.05) is 6.61 Å². The molecule has 5 nitrogen and oxygen atoms in total. The number of fused-ring (bicyclic) bond motifs is 5. The first kappa shape index (κ1) is 34.9. The number of aliphatic hydroxyl groups excluding tert-OH is 1. The van der Waals surface area contributed by atoms with Gasteiger partial charge in [0.05, 0.1) is 30.3 Å². The highest BCUT2D eigenvalue weighted by molar-refractivity contribution is 7.86. The quantitative estimate of drug-likeness (QED) is 0.181. The lowest BCUT2D eigenvalue weighted by molar-refractivity contribution is -0.0691. The molecule has 3 fully saturated rings. The number of rotatable bonds is 12. The lowest BCUT2D eigenvalue weighted by Gasteiger charge is -2.58. The van der Waals surface area contributed by atoms with E-state index in [0.29, 0.717) is 42.3 Å². The number of hydrogen-bond acceptors (Lipinski definition) is 5. The van der Waals surface area contributed by atoms with Gasteiger partial charge in [-0.25, -0.2) is 0 Å². The molecule has 0 radical (unpaired) electrons. The zero-order valence-electron chi connectivity index (χ0n) is 29.4. The van der Waals surface area contributed by atoms with Crippen molar-refractivity contribution in [2.45, 2.75) is 123 Å². The Hall–Kier alpha value is -1.99. The van der Waals surface area contributed by atoms with Gasteiger partial charge >= 0.3 is 0 Å². The van der Waals surface area contributed by atoms with E-state index in [4.69, 9.17) is 8.92 Å². The zero-order valence-corrected chi connectivity index (χ0v) is 30.2. The average molecular weight is 663 g/mol. The van der Waals surface area contributed by atoms with Crippen LogP contribution in [0.5, 0.6) is 0 Å². The van der Waals surface area contributed by atoms with E-state index in [1.165, 1.54) is 24.8 Å². The summed E-state index contributed by atoms with van der Waals surface area (Å²) in [5.74, 6) is 2.84. The maximum atomic E-state index is 12.6. The number of benzene rings is 2. The van der Waals surface area contributed by atoms with E-state index >= 15 is 0 Å². The van der Waals surface area contributed by atoms with Gasteiger partial charge in [-0.3, -0.25) is 4.18 Å². The lowest BCUT2D eigenvalue weighted by Crippen LogP contribution is -2.51. The Balaban J connectivity index is 1.02. The molecule has 4 aliphatic rings. The van der Waals surface area contributed by atoms with Crippen LogP contribution < -0.4 is 0 Å². The predicted octanol–water partition coefficient (Wildman–Crippen LogP) is 9.28. The Labute approximate surface area is 284 Å². The molecule has 10 atom stereocenters. The normalized spacial score (nSPS) is 34.9. The number of aliphatic hydroxyl groups is 1. The summed E-state index contributed by atoms with van der Waals surface area (Å²) in [6.07, 6.45) is 13.6. The van der Waals surface area contributed by atoms with Crippen molar-refractivity contribution in [1.82, 2.24) is 0 Å². The minimum Gasteiger partial charge on any atom is -0.393 e. The molecule has 47 heavy (non-hydrogen) atoms. The van der Waals surface area contributed by atoms with Crippen LogP contribution in [0.15, 0.2) is 71.1 Å². The van der Waals surface area contributed by atoms with Crippen LogP contribution in [0.2, 0.25) is 0 Å². The van der Waals surface area contributed by atoms with E-state index < -0.39 is 10.1 Å². The topological polar surface area (TPSA) is 72.8 Å². The van der Waals surface area contributed by atoms with Crippen LogP contribution in [0, 0.1) is 53.3 Å². The molecule has 2 aromatic rings. The lowest BCUT2D eigenvalue weighted by atomic mass is 9.47. The third-order valence-electron chi connectivity index (χ3n) is 13.3. The summed E-state index contributed by atoms with van der Waals surface area (Å²) >= 11 is 0. The van der Waals surface area contributed by atoms with Gasteiger partial charge in [-0.15, -0.1) is 0 Å². The van der Waals surface area contributed by atoms with E-state index in [1.807, 2.05) is 6.92 Å². The molecule has 0 bridgehead atoms. The Morgan fingerprint density at radius 1 is 0.957 bits per heavy atom. The van der Waals surface area contributed by atoms with Gasteiger partial charge in [0.25, 0.3) is 10.1 Å². The van der Waals surface area contributed by atoms with Gasteiger partial charge < -0.3 is 9.84 Å². The van der Waals surface area contributed by atoms with Crippen molar-refractivity contribution in [3.63, 3.8) is 0 Å². The minimum absolute atomic E-state index is 0.150. The van der Waals surface area contributed by atoms with Crippen molar-refractivity contribution in [3.05, 3.63) is 77.4 Å². The zero-order chi connectivity index (χ0) is 33.4. The van der Waals surface area contributed by atoms with Crippen LogP contribution in [0.4, 0.5) is 0 Å². The number of allylic oxidation sites excluding steroid dienone is 1. The van der Waals surface area contributed by atoms with E-state index in [1.54, 1.807) is 29.8 Å². The SMILES string of the molecule is Cc1ccc(S(=O)(=O)OC[C@H](C)CCC[C@@H](C)[C@H]2[C@@H](O)C[C@H]3[C@@H]4CC=C5C[C@@H](OCc6ccccc6)CC[C@]5(C)[C@H]4CC[C@]23C)cc1. The molecule has 0 aromatic heterocycles. The van der Waals surface area contributed by atoms with Gasteiger partial charge in [-0.2, -0.15) is 8.42 Å². The van der Waals surface area contributed by atoms with Gasteiger partial charge in [-0.1, -0.05) is 100 Å². The van der Waals surface area contributed by atoms with Gasteiger partial charge in [0.15, 0.2) is 0 Å². The first-order chi connectivity index (χ1) is 22.4. The van der Waals surface area contributed by atoms with E-state index in [0.717, 1.165) is 50.5 Å². The van der Waals surface area contributed by atoms with Crippen LogP contribution in [-0.2, 0) is 25.6 Å². The summed E-state index contributed by atoms with van der Waals surface area (Å²) in [5.41, 5.74) is 4.35. The summed E-state index contributed by atoms with van der Waals surface area (Å²) < 4.78 is 37.1. The fourth-order valence-corrected chi connectivity index (χ4v) is 11.7. The van der Waals surface area contributed by atoms with Crippen molar-refractivity contribution in [1.29, 1.82) is 0 Å². The highest BCUT2D eigenvalue weighted by Gasteiger charge is 2.61. The molecule has 0 spiro atoms. The van der Waals surface area contributed by atoms with Crippen molar-refractivity contribution in [3.8, 4) is 0 Å². The van der Waals surface area contributed by atoms with Crippen LogP contribution in [-0.4, -0.2) is 32.3 Å². The van der Waals surface area contributed by atoms with Crippen molar-refractivity contribution in [2.24, 2.45) is 46.3 Å². The second-order valence-electron chi connectivity index (χ2n) is 16.4. The average Bonchev–Trinajstić information content (AvgIpc) is 3.33. The molecule has 0 unspecified atom stereocenters. The molecule has 0 saturated heterocycles. The molecule has 3 saturated carbocycles. The highest BCUT2D eigenvalue weighted by atomic mass is 32.2. The molecule has 0 aliphatic heterocycles. The van der Waals surface area contributed by atoms with Crippen LogP contribution >= 0.6 is 0 Å². The Morgan fingerprint density at radius 2 is 1.70 bits per heavy atom. The predicted molar refractivity (Wildman–Crippen MR) is 188 cm³/mol. The molecule has 0 amide bonds. The summed E-state index contributed by atoms with van der Waals surface area (Å²) in [4.78, 5) is 0.218. The Kier molecular flexibility index (Phi) is 10.5. The van der Waals surface area contributed by atoms with Gasteiger partial charge in [0, 0.05) is 0 Å². The van der Waals surface area contributed by atoms with E-state index in [2.05, 4.69) is 64.1 Å². The minimum atomic E-state index is -3.74. The Morgan fingerprint density at radius 3 is 2.45 bits per heavy atom. The largest absolute Gasteiger partial charge is 0.393 e. The van der Waals surface area contributed by atoms with Crippen LogP contribution in [0.1, 0.15) is 103 Å². The monoisotopic (exact) mass is 662 g/mol. The maximum absolute atomic E-state index is 12.6. The third kappa shape index (κ3) is 7.18. The highest BCUT2D eigenvalue weighted by Crippen LogP contribution is 2.67. The summed E-state index contributed by atoms with van der Waals surface area (Å²) in [5, 5.41) is 11.6. The van der Waals surface area contributed by atoms with Gasteiger partial charge in [-0.05, 0) is 122 Å². The molecule has 6 heteroatoms. The van der Waals surface area contributed by atoms with Crippen molar-refractivity contribution >= 4 is 10.1 Å². The number of ether oxygens (including phenoxy) is 1. The molecule has 0 heterocycles. The number of hydrogen-bond donors (Lipinski definition) is 1. The van der Waals surface area contributed by atoms with Gasteiger partial charge in [0.1, 0.15) is 0 Å². The fourth-order valence-electron chi connectivity index (χ4n) is 10.7.